The third-order valence-corrected chi connectivity index (χ3v) is 4.38. The standard InChI is InChI=1S/C21H24N2O4/c1-4-16(19-23-17-7-5-6-8-18(17)26-19)22-13-14-9-11-15(12-10-14)27-21(2,3)20(24)25/h5-12,16,22H,4,13H2,1-3H3,(H,24,25). The molecule has 0 saturated carbocycles. The van der Waals surface area contributed by atoms with Gasteiger partial charge in [-0.15, -0.1) is 0 Å². The fourth-order valence-electron chi connectivity index (χ4n) is 2.70. The number of ether oxygens (including phenoxy) is 1. The van der Waals surface area contributed by atoms with Crippen LogP contribution in [0.5, 0.6) is 5.75 Å². The second-order valence-corrected chi connectivity index (χ2v) is 6.92. The van der Waals surface area contributed by atoms with Gasteiger partial charge in [0.1, 0.15) is 11.3 Å². The zero-order valence-corrected chi connectivity index (χ0v) is 15.7. The van der Waals surface area contributed by atoms with Crippen LogP contribution in [0.2, 0.25) is 0 Å². The smallest absolute Gasteiger partial charge is 0.347 e. The maximum atomic E-state index is 11.2. The Morgan fingerprint density at radius 3 is 2.56 bits per heavy atom. The third-order valence-electron chi connectivity index (χ3n) is 4.38. The zero-order valence-electron chi connectivity index (χ0n) is 15.7. The number of hydrogen-bond donors (Lipinski definition) is 2. The molecule has 3 aromatic rings. The highest BCUT2D eigenvalue weighted by Crippen LogP contribution is 2.23. The molecule has 3 rings (SSSR count). The van der Waals surface area contributed by atoms with Crippen LogP contribution in [-0.4, -0.2) is 21.7 Å². The van der Waals surface area contributed by atoms with E-state index in [2.05, 4.69) is 17.2 Å². The van der Waals surface area contributed by atoms with Crippen molar-refractivity contribution in [2.45, 2.75) is 45.4 Å². The molecule has 0 aliphatic rings. The lowest BCUT2D eigenvalue weighted by Gasteiger charge is -2.21. The highest BCUT2D eigenvalue weighted by molar-refractivity contribution is 5.76. The van der Waals surface area contributed by atoms with Crippen LogP contribution in [0.4, 0.5) is 0 Å². The van der Waals surface area contributed by atoms with Gasteiger partial charge in [-0.25, -0.2) is 9.78 Å². The first-order valence-electron chi connectivity index (χ1n) is 8.99. The Morgan fingerprint density at radius 1 is 1.22 bits per heavy atom. The molecule has 27 heavy (non-hydrogen) atoms. The van der Waals surface area contributed by atoms with Crippen molar-refractivity contribution in [3.63, 3.8) is 0 Å². The molecule has 1 unspecified atom stereocenters. The van der Waals surface area contributed by atoms with Crippen molar-refractivity contribution in [3.8, 4) is 5.75 Å². The van der Waals surface area contributed by atoms with E-state index >= 15 is 0 Å². The topological polar surface area (TPSA) is 84.6 Å². The maximum absolute atomic E-state index is 11.2. The van der Waals surface area contributed by atoms with E-state index in [-0.39, 0.29) is 6.04 Å². The van der Waals surface area contributed by atoms with Crippen LogP contribution in [0, 0.1) is 0 Å². The third kappa shape index (κ3) is 4.46. The Bertz CT molecular complexity index is 882. The monoisotopic (exact) mass is 368 g/mol. The number of aliphatic carboxylic acids is 1. The fourth-order valence-corrected chi connectivity index (χ4v) is 2.70. The lowest BCUT2D eigenvalue weighted by atomic mass is 10.1. The Labute approximate surface area is 158 Å². The second-order valence-electron chi connectivity index (χ2n) is 6.92. The Kier molecular flexibility index (Phi) is 5.46. The average molecular weight is 368 g/mol. The van der Waals surface area contributed by atoms with Crippen LogP contribution < -0.4 is 10.1 Å². The minimum absolute atomic E-state index is 0.0132. The number of carboxylic acids is 1. The van der Waals surface area contributed by atoms with Gasteiger partial charge < -0.3 is 19.6 Å². The summed E-state index contributed by atoms with van der Waals surface area (Å²) in [5.41, 5.74) is 1.44. The molecule has 0 spiro atoms. The second kappa shape index (κ2) is 7.80. The molecule has 1 atom stereocenters. The molecule has 0 amide bonds. The number of nitrogens with one attached hydrogen (secondary N) is 1. The number of rotatable bonds is 8. The predicted molar refractivity (Wildman–Crippen MR) is 103 cm³/mol. The Hall–Kier alpha value is -2.86. The van der Waals surface area contributed by atoms with Crippen LogP contribution in [0.3, 0.4) is 0 Å². The predicted octanol–water partition coefficient (Wildman–Crippen LogP) is 4.31. The summed E-state index contributed by atoms with van der Waals surface area (Å²) in [6.07, 6.45) is 0.848. The summed E-state index contributed by atoms with van der Waals surface area (Å²) in [5.74, 6) is 0.205. The lowest BCUT2D eigenvalue weighted by molar-refractivity contribution is -0.152. The molecule has 0 aliphatic heterocycles. The van der Waals surface area contributed by atoms with Gasteiger partial charge >= 0.3 is 5.97 Å². The van der Waals surface area contributed by atoms with Crippen molar-refractivity contribution >= 4 is 17.1 Å². The Morgan fingerprint density at radius 2 is 1.93 bits per heavy atom. The largest absolute Gasteiger partial charge is 0.478 e. The normalized spacial score (nSPS) is 12.9. The first-order chi connectivity index (χ1) is 12.9. The van der Waals surface area contributed by atoms with Gasteiger partial charge in [-0.2, -0.15) is 0 Å². The summed E-state index contributed by atoms with van der Waals surface area (Å²) < 4.78 is 11.4. The number of para-hydroxylation sites is 2. The van der Waals surface area contributed by atoms with Crippen molar-refractivity contribution in [2.24, 2.45) is 0 Å². The highest BCUT2D eigenvalue weighted by Gasteiger charge is 2.29. The number of carboxylic acid groups (broad SMARTS) is 1. The van der Waals surface area contributed by atoms with Crippen molar-refractivity contribution in [3.05, 3.63) is 60.0 Å². The number of nitrogens with zero attached hydrogens (tertiary/aromatic N) is 1. The molecule has 1 aromatic heterocycles. The molecule has 142 valence electrons. The van der Waals surface area contributed by atoms with Gasteiger partial charge in [0, 0.05) is 6.54 Å². The number of fused-ring (bicyclic) bond motifs is 1. The molecule has 6 heteroatoms. The molecule has 0 fully saturated rings. The van der Waals surface area contributed by atoms with E-state index in [1.807, 2.05) is 36.4 Å². The maximum Gasteiger partial charge on any atom is 0.347 e. The van der Waals surface area contributed by atoms with E-state index in [0.717, 1.165) is 23.1 Å². The fraction of sp³-hybridized carbons (Fsp3) is 0.333. The average Bonchev–Trinajstić information content (AvgIpc) is 3.07. The molecule has 2 N–H and O–H groups in total. The van der Waals surface area contributed by atoms with Crippen molar-refractivity contribution in [1.29, 1.82) is 0 Å². The summed E-state index contributed by atoms with van der Waals surface area (Å²) >= 11 is 0. The highest BCUT2D eigenvalue weighted by atomic mass is 16.5. The molecule has 0 bridgehead atoms. The summed E-state index contributed by atoms with van der Waals surface area (Å²) in [7, 11) is 0. The van der Waals surface area contributed by atoms with Gasteiger partial charge in [0.25, 0.3) is 0 Å². The van der Waals surface area contributed by atoms with Gasteiger partial charge in [-0.3, -0.25) is 0 Å². The summed E-state index contributed by atoms with van der Waals surface area (Å²) in [5, 5.41) is 12.6. The van der Waals surface area contributed by atoms with E-state index in [9.17, 15) is 4.79 Å². The number of hydrogen-bond acceptors (Lipinski definition) is 5. The molecule has 0 aliphatic carbocycles. The zero-order chi connectivity index (χ0) is 19.4. The van der Waals surface area contributed by atoms with Crippen molar-refractivity contribution in [1.82, 2.24) is 10.3 Å². The minimum atomic E-state index is -1.26. The molecule has 2 aromatic carbocycles. The number of benzene rings is 2. The molecular weight excluding hydrogens is 344 g/mol. The van der Waals surface area contributed by atoms with Crippen LogP contribution in [0.15, 0.2) is 52.9 Å². The quantitative estimate of drug-likeness (QED) is 0.616. The number of carbonyl (C=O) groups is 1. The van der Waals surface area contributed by atoms with Gasteiger partial charge in [0.15, 0.2) is 11.2 Å². The van der Waals surface area contributed by atoms with Gasteiger partial charge in [0.2, 0.25) is 5.89 Å². The first-order valence-corrected chi connectivity index (χ1v) is 8.99. The van der Waals surface area contributed by atoms with Crippen LogP contribution in [0.25, 0.3) is 11.1 Å². The van der Waals surface area contributed by atoms with Crippen molar-refractivity contribution < 1.29 is 19.1 Å². The number of aromatic nitrogens is 1. The van der Waals surface area contributed by atoms with Gasteiger partial charge in [0.05, 0.1) is 6.04 Å². The molecule has 0 radical (unpaired) electrons. The first kappa shape index (κ1) is 18.9. The van der Waals surface area contributed by atoms with Crippen LogP contribution in [-0.2, 0) is 11.3 Å². The minimum Gasteiger partial charge on any atom is -0.478 e. The van der Waals surface area contributed by atoms with Crippen LogP contribution >= 0.6 is 0 Å². The van der Waals surface area contributed by atoms with E-state index in [1.54, 1.807) is 12.1 Å². The van der Waals surface area contributed by atoms with Crippen molar-refractivity contribution in [2.75, 3.05) is 0 Å². The molecular formula is C21H24N2O4. The van der Waals surface area contributed by atoms with E-state index in [4.69, 9.17) is 14.3 Å². The molecule has 6 nitrogen and oxygen atoms in total. The van der Waals surface area contributed by atoms with E-state index in [0.29, 0.717) is 18.2 Å². The van der Waals surface area contributed by atoms with Crippen LogP contribution in [0.1, 0.15) is 44.7 Å². The number of oxazole rings is 1. The summed E-state index contributed by atoms with van der Waals surface area (Å²) in [4.78, 5) is 15.7. The van der Waals surface area contributed by atoms with Gasteiger partial charge in [-0.1, -0.05) is 31.2 Å². The Balaban J connectivity index is 1.63. The molecule has 1 heterocycles. The van der Waals surface area contributed by atoms with Gasteiger partial charge in [-0.05, 0) is 50.1 Å². The van der Waals surface area contributed by atoms with E-state index in [1.165, 1.54) is 13.8 Å². The van der Waals surface area contributed by atoms with E-state index < -0.39 is 11.6 Å². The SMILES string of the molecule is CCC(NCc1ccc(OC(C)(C)C(=O)O)cc1)c1nc2ccccc2o1. The summed E-state index contributed by atoms with van der Waals surface area (Å²) in [6, 6.07) is 15.1. The lowest BCUT2D eigenvalue weighted by Crippen LogP contribution is -2.37. The molecule has 0 saturated heterocycles. The summed E-state index contributed by atoms with van der Waals surface area (Å²) in [6.45, 7) is 5.77.